The molecule has 0 fully saturated rings. The van der Waals surface area contributed by atoms with Crippen molar-refractivity contribution < 1.29 is 4.79 Å². The highest BCUT2D eigenvalue weighted by Gasteiger charge is 2.15. The largest absolute Gasteiger partial charge is 0.347 e. The van der Waals surface area contributed by atoms with Gasteiger partial charge in [-0.3, -0.25) is 4.79 Å². The van der Waals surface area contributed by atoms with Crippen molar-refractivity contribution in [1.29, 1.82) is 5.26 Å². The van der Waals surface area contributed by atoms with Crippen molar-refractivity contribution in [2.45, 2.75) is 13.5 Å². The zero-order valence-corrected chi connectivity index (χ0v) is 13.9. The lowest BCUT2D eigenvalue weighted by Gasteiger charge is -2.04. The van der Waals surface area contributed by atoms with Crippen LogP contribution in [0.4, 0.5) is 0 Å². The molecule has 0 radical (unpaired) electrons. The Balaban J connectivity index is 1.74. The first-order valence-corrected chi connectivity index (χ1v) is 8.29. The minimum atomic E-state index is -0.144. The van der Waals surface area contributed by atoms with E-state index in [1.807, 2.05) is 49.4 Å². The van der Waals surface area contributed by atoms with Gasteiger partial charge in [-0.25, -0.2) is 4.98 Å². The number of amides is 1. The van der Waals surface area contributed by atoms with Crippen LogP contribution in [0.15, 0.2) is 54.6 Å². The van der Waals surface area contributed by atoms with Crippen LogP contribution in [0.1, 0.15) is 26.5 Å². The number of thiazole rings is 1. The lowest BCUT2D eigenvalue weighted by Crippen LogP contribution is -2.22. The molecule has 24 heavy (non-hydrogen) atoms. The standard InChI is InChI=1S/C19H15N3OS/c1-13-17(24-19(22-13)16-8-3-2-4-9-16)18(23)21-12-15-7-5-6-14(10-15)11-20/h2-10H,12H2,1H3,(H,21,23). The Bertz CT molecular complexity index is 910. The normalized spacial score (nSPS) is 10.2. The molecule has 1 heterocycles. The number of aromatic nitrogens is 1. The van der Waals surface area contributed by atoms with E-state index in [-0.39, 0.29) is 5.91 Å². The summed E-state index contributed by atoms with van der Waals surface area (Å²) in [5, 5.41) is 12.7. The van der Waals surface area contributed by atoms with E-state index in [0.717, 1.165) is 21.8 Å². The van der Waals surface area contributed by atoms with Crippen LogP contribution < -0.4 is 5.32 Å². The van der Waals surface area contributed by atoms with Gasteiger partial charge in [-0.2, -0.15) is 5.26 Å². The molecule has 0 aliphatic carbocycles. The molecule has 1 aromatic heterocycles. The van der Waals surface area contributed by atoms with Crippen LogP contribution in [-0.2, 0) is 6.54 Å². The topological polar surface area (TPSA) is 65.8 Å². The van der Waals surface area contributed by atoms with Crippen LogP contribution in [0.3, 0.4) is 0 Å². The maximum atomic E-state index is 12.4. The highest BCUT2D eigenvalue weighted by atomic mass is 32.1. The van der Waals surface area contributed by atoms with E-state index < -0.39 is 0 Å². The number of hydrogen-bond acceptors (Lipinski definition) is 4. The molecule has 1 N–H and O–H groups in total. The SMILES string of the molecule is Cc1nc(-c2ccccc2)sc1C(=O)NCc1cccc(C#N)c1. The summed E-state index contributed by atoms with van der Waals surface area (Å²) in [4.78, 5) is 17.5. The Morgan fingerprint density at radius 1 is 1.21 bits per heavy atom. The van der Waals surface area contributed by atoms with Crippen LogP contribution in [-0.4, -0.2) is 10.9 Å². The molecule has 0 spiro atoms. The van der Waals surface area contributed by atoms with E-state index in [1.54, 1.807) is 12.1 Å². The fraction of sp³-hybridized carbons (Fsp3) is 0.105. The van der Waals surface area contributed by atoms with Crippen molar-refractivity contribution in [3.05, 3.63) is 76.3 Å². The first kappa shape index (κ1) is 15.9. The van der Waals surface area contributed by atoms with Crippen molar-refractivity contribution in [2.24, 2.45) is 0 Å². The van der Waals surface area contributed by atoms with Gasteiger partial charge in [0.05, 0.1) is 17.3 Å². The average Bonchev–Trinajstić information content (AvgIpc) is 3.02. The third kappa shape index (κ3) is 3.50. The van der Waals surface area contributed by atoms with Gasteiger partial charge in [-0.05, 0) is 24.6 Å². The van der Waals surface area contributed by atoms with Gasteiger partial charge >= 0.3 is 0 Å². The predicted molar refractivity (Wildman–Crippen MR) is 94.6 cm³/mol. The van der Waals surface area contributed by atoms with Gasteiger partial charge in [0.15, 0.2) is 0 Å². The molecule has 0 atom stereocenters. The number of benzene rings is 2. The number of hydrogen-bond donors (Lipinski definition) is 1. The summed E-state index contributed by atoms with van der Waals surface area (Å²) in [5.41, 5.74) is 3.21. The summed E-state index contributed by atoms with van der Waals surface area (Å²) in [7, 11) is 0. The lowest BCUT2D eigenvalue weighted by atomic mass is 10.1. The third-order valence-corrected chi connectivity index (χ3v) is 4.74. The molecular formula is C19H15N3OS. The first-order chi connectivity index (χ1) is 11.7. The highest BCUT2D eigenvalue weighted by Crippen LogP contribution is 2.27. The highest BCUT2D eigenvalue weighted by molar-refractivity contribution is 7.17. The maximum Gasteiger partial charge on any atom is 0.263 e. The van der Waals surface area contributed by atoms with Crippen molar-refractivity contribution in [3.63, 3.8) is 0 Å². The molecule has 5 heteroatoms. The zero-order chi connectivity index (χ0) is 16.9. The van der Waals surface area contributed by atoms with Gasteiger partial charge in [0.1, 0.15) is 9.88 Å². The summed E-state index contributed by atoms with van der Waals surface area (Å²) in [6, 6.07) is 19.1. The number of carbonyl (C=O) groups excluding carboxylic acids is 1. The number of nitriles is 1. The smallest absolute Gasteiger partial charge is 0.263 e. The second-order valence-electron chi connectivity index (χ2n) is 5.29. The molecule has 0 saturated heterocycles. The van der Waals surface area contributed by atoms with Crippen molar-refractivity contribution in [2.75, 3.05) is 0 Å². The van der Waals surface area contributed by atoms with E-state index in [1.165, 1.54) is 11.3 Å². The lowest BCUT2D eigenvalue weighted by molar-refractivity contribution is 0.0954. The van der Waals surface area contributed by atoms with Crippen LogP contribution in [0.25, 0.3) is 10.6 Å². The number of nitrogens with zero attached hydrogens (tertiary/aromatic N) is 2. The number of carbonyl (C=O) groups is 1. The quantitative estimate of drug-likeness (QED) is 0.787. The molecule has 0 bridgehead atoms. The summed E-state index contributed by atoms with van der Waals surface area (Å²) >= 11 is 1.39. The molecular weight excluding hydrogens is 318 g/mol. The zero-order valence-electron chi connectivity index (χ0n) is 13.1. The van der Waals surface area contributed by atoms with Gasteiger partial charge in [0, 0.05) is 12.1 Å². The van der Waals surface area contributed by atoms with Gasteiger partial charge < -0.3 is 5.32 Å². The van der Waals surface area contributed by atoms with Gasteiger partial charge in [-0.1, -0.05) is 42.5 Å². The minimum Gasteiger partial charge on any atom is -0.347 e. The monoisotopic (exact) mass is 333 g/mol. The minimum absolute atomic E-state index is 0.144. The summed E-state index contributed by atoms with van der Waals surface area (Å²) in [6.07, 6.45) is 0. The van der Waals surface area contributed by atoms with Crippen molar-refractivity contribution in [3.8, 4) is 16.6 Å². The second kappa shape index (κ2) is 7.07. The number of nitrogens with one attached hydrogen (secondary N) is 1. The van der Waals surface area contributed by atoms with E-state index in [9.17, 15) is 4.79 Å². The van der Waals surface area contributed by atoms with Crippen LogP contribution >= 0.6 is 11.3 Å². The van der Waals surface area contributed by atoms with E-state index in [0.29, 0.717) is 17.0 Å². The molecule has 3 aromatic rings. The van der Waals surface area contributed by atoms with Crippen LogP contribution in [0.2, 0.25) is 0 Å². The second-order valence-corrected chi connectivity index (χ2v) is 6.29. The van der Waals surface area contributed by atoms with Gasteiger partial charge in [0.2, 0.25) is 0 Å². The molecule has 0 saturated carbocycles. The molecule has 1 amide bonds. The Morgan fingerprint density at radius 2 is 2.00 bits per heavy atom. The summed E-state index contributed by atoms with van der Waals surface area (Å²) in [5.74, 6) is -0.144. The molecule has 0 aliphatic rings. The fourth-order valence-electron chi connectivity index (χ4n) is 2.32. The first-order valence-electron chi connectivity index (χ1n) is 7.47. The molecule has 0 aliphatic heterocycles. The predicted octanol–water partition coefficient (Wildman–Crippen LogP) is 3.92. The number of aryl methyl sites for hydroxylation is 1. The van der Waals surface area contributed by atoms with Gasteiger partial charge in [0.25, 0.3) is 5.91 Å². The van der Waals surface area contributed by atoms with E-state index >= 15 is 0 Å². The number of rotatable bonds is 4. The van der Waals surface area contributed by atoms with Gasteiger partial charge in [-0.15, -0.1) is 11.3 Å². The van der Waals surface area contributed by atoms with Crippen molar-refractivity contribution >= 4 is 17.2 Å². The fourth-order valence-corrected chi connectivity index (χ4v) is 3.31. The van der Waals surface area contributed by atoms with E-state index in [4.69, 9.17) is 5.26 Å². The van der Waals surface area contributed by atoms with Crippen molar-refractivity contribution in [1.82, 2.24) is 10.3 Å². The Morgan fingerprint density at radius 3 is 2.75 bits per heavy atom. The third-order valence-electron chi connectivity index (χ3n) is 3.53. The molecule has 4 nitrogen and oxygen atoms in total. The molecule has 118 valence electrons. The molecule has 0 unspecified atom stereocenters. The summed E-state index contributed by atoms with van der Waals surface area (Å²) < 4.78 is 0. The van der Waals surface area contributed by atoms with Crippen LogP contribution in [0, 0.1) is 18.3 Å². The Hall–Kier alpha value is -2.97. The van der Waals surface area contributed by atoms with E-state index in [2.05, 4.69) is 16.4 Å². The molecule has 2 aromatic carbocycles. The summed E-state index contributed by atoms with van der Waals surface area (Å²) in [6.45, 7) is 2.22. The van der Waals surface area contributed by atoms with Crippen LogP contribution in [0.5, 0.6) is 0 Å². The maximum absolute atomic E-state index is 12.4. The Kier molecular flexibility index (Phi) is 4.69. The molecule has 3 rings (SSSR count). The Labute approximate surface area is 144 Å². The average molecular weight is 333 g/mol.